The molecule has 0 aliphatic carbocycles. The van der Waals surface area contributed by atoms with Crippen LogP contribution in [0.5, 0.6) is 11.5 Å². The molecule has 1 rings (SSSR count). The van der Waals surface area contributed by atoms with Crippen LogP contribution in [0.3, 0.4) is 0 Å². The van der Waals surface area contributed by atoms with Crippen LogP contribution in [0.25, 0.3) is 0 Å². The molecule has 0 heterocycles. The number of hydrogen-bond acceptors (Lipinski definition) is 5. The molecule has 1 aromatic rings. The number of nitrogens with one attached hydrogen (secondary N) is 1. The smallest absolute Gasteiger partial charge is 0.161 e. The Balaban J connectivity index is 2.81. The number of thioether (sulfide) groups is 1. The van der Waals surface area contributed by atoms with E-state index < -0.39 is 0 Å². The lowest BCUT2D eigenvalue weighted by molar-refractivity contribution is 0.199. The first-order valence-electron chi connectivity index (χ1n) is 5.75. The minimum Gasteiger partial charge on any atom is -0.493 e. The summed E-state index contributed by atoms with van der Waals surface area (Å²) in [7, 11) is 5.00. The quantitative estimate of drug-likeness (QED) is 0.579. The molecule has 0 fully saturated rings. The summed E-state index contributed by atoms with van der Waals surface area (Å²) in [5.41, 5.74) is 1.20. The number of ether oxygens (including phenoxy) is 3. The maximum atomic E-state index is 5.32. The van der Waals surface area contributed by atoms with Crippen LogP contribution in [0.1, 0.15) is 5.56 Å². The Morgan fingerprint density at radius 2 is 1.78 bits per heavy atom. The first-order chi connectivity index (χ1) is 8.76. The number of methoxy groups -OCH3 is 3. The van der Waals surface area contributed by atoms with E-state index in [1.807, 2.05) is 12.1 Å². The molecule has 0 aliphatic rings. The minimum absolute atomic E-state index is 0.710. The molecule has 0 aliphatic heterocycles. The second kappa shape index (κ2) is 8.24. The fourth-order valence-electron chi connectivity index (χ4n) is 1.63. The van der Waals surface area contributed by atoms with E-state index in [1.54, 1.807) is 33.1 Å². The zero-order valence-electron chi connectivity index (χ0n) is 11.4. The number of benzene rings is 1. The predicted molar refractivity (Wildman–Crippen MR) is 74.9 cm³/mol. The van der Waals surface area contributed by atoms with Gasteiger partial charge in [-0.2, -0.15) is 0 Å². The van der Waals surface area contributed by atoms with Gasteiger partial charge in [-0.15, -0.1) is 11.8 Å². The van der Waals surface area contributed by atoms with Crippen LogP contribution < -0.4 is 14.8 Å². The standard InChI is InChI=1S/C13H21NO3S/c1-15-6-5-14-9-10-7-11(16-2)12(17-3)8-13(10)18-4/h7-8,14H,5-6,9H2,1-4H3. The predicted octanol–water partition coefficient (Wildman–Crippen LogP) is 2.16. The first kappa shape index (κ1) is 15.1. The van der Waals surface area contributed by atoms with Gasteiger partial charge in [0.25, 0.3) is 0 Å². The zero-order chi connectivity index (χ0) is 13.4. The molecule has 1 N–H and O–H groups in total. The molecule has 0 atom stereocenters. The molecule has 0 spiro atoms. The third kappa shape index (κ3) is 4.08. The number of hydrogen-bond donors (Lipinski definition) is 1. The highest BCUT2D eigenvalue weighted by atomic mass is 32.2. The second-order valence-electron chi connectivity index (χ2n) is 3.69. The maximum Gasteiger partial charge on any atom is 0.161 e. The topological polar surface area (TPSA) is 39.7 Å². The minimum atomic E-state index is 0.710. The van der Waals surface area contributed by atoms with Gasteiger partial charge in [-0.25, -0.2) is 0 Å². The Labute approximate surface area is 113 Å². The van der Waals surface area contributed by atoms with Gasteiger partial charge in [0.1, 0.15) is 0 Å². The molecule has 0 radical (unpaired) electrons. The third-order valence-corrected chi connectivity index (χ3v) is 3.40. The summed E-state index contributed by atoms with van der Waals surface area (Å²) in [6, 6.07) is 4.03. The van der Waals surface area contributed by atoms with Crippen molar-refractivity contribution in [2.75, 3.05) is 40.7 Å². The van der Waals surface area contributed by atoms with E-state index in [-0.39, 0.29) is 0 Å². The van der Waals surface area contributed by atoms with Crippen molar-refractivity contribution in [3.8, 4) is 11.5 Å². The van der Waals surface area contributed by atoms with Crippen molar-refractivity contribution in [1.29, 1.82) is 0 Å². The number of rotatable bonds is 8. The summed E-state index contributed by atoms with van der Waals surface area (Å²) >= 11 is 1.70. The van der Waals surface area contributed by atoms with E-state index in [2.05, 4.69) is 11.6 Å². The van der Waals surface area contributed by atoms with E-state index in [1.165, 1.54) is 10.5 Å². The van der Waals surface area contributed by atoms with Gasteiger partial charge in [-0.3, -0.25) is 0 Å². The van der Waals surface area contributed by atoms with Gasteiger partial charge < -0.3 is 19.5 Å². The van der Waals surface area contributed by atoms with Crippen molar-refractivity contribution in [2.24, 2.45) is 0 Å². The van der Waals surface area contributed by atoms with Gasteiger partial charge in [-0.1, -0.05) is 0 Å². The van der Waals surface area contributed by atoms with Crippen molar-refractivity contribution in [2.45, 2.75) is 11.4 Å². The first-order valence-corrected chi connectivity index (χ1v) is 6.97. The fraction of sp³-hybridized carbons (Fsp3) is 0.538. The van der Waals surface area contributed by atoms with Crippen LogP contribution in [0.4, 0.5) is 0 Å². The van der Waals surface area contributed by atoms with Crippen LogP contribution in [-0.2, 0) is 11.3 Å². The largest absolute Gasteiger partial charge is 0.493 e. The fourth-order valence-corrected chi connectivity index (χ4v) is 2.25. The van der Waals surface area contributed by atoms with Crippen LogP contribution in [0, 0.1) is 0 Å². The highest BCUT2D eigenvalue weighted by Gasteiger charge is 2.10. The second-order valence-corrected chi connectivity index (χ2v) is 4.54. The molecular formula is C13H21NO3S. The van der Waals surface area contributed by atoms with Crippen molar-refractivity contribution in [3.05, 3.63) is 17.7 Å². The van der Waals surface area contributed by atoms with Gasteiger partial charge in [0, 0.05) is 25.1 Å². The lowest BCUT2D eigenvalue weighted by Gasteiger charge is -2.14. The Hall–Kier alpha value is -0.910. The Morgan fingerprint density at radius 1 is 1.11 bits per heavy atom. The van der Waals surface area contributed by atoms with E-state index in [0.717, 1.165) is 24.6 Å². The summed E-state index contributed by atoms with van der Waals surface area (Å²) in [4.78, 5) is 1.19. The van der Waals surface area contributed by atoms with Gasteiger partial charge in [0.15, 0.2) is 11.5 Å². The van der Waals surface area contributed by atoms with Gasteiger partial charge in [-0.05, 0) is 24.0 Å². The monoisotopic (exact) mass is 271 g/mol. The Morgan fingerprint density at radius 3 is 2.33 bits per heavy atom. The SMILES string of the molecule is COCCNCc1cc(OC)c(OC)cc1SC. The van der Waals surface area contributed by atoms with E-state index in [4.69, 9.17) is 14.2 Å². The molecule has 0 bridgehead atoms. The van der Waals surface area contributed by atoms with Crippen molar-refractivity contribution >= 4 is 11.8 Å². The van der Waals surface area contributed by atoms with Gasteiger partial charge in [0.2, 0.25) is 0 Å². The highest BCUT2D eigenvalue weighted by Crippen LogP contribution is 2.34. The summed E-state index contributed by atoms with van der Waals surface area (Å²) in [6.07, 6.45) is 2.06. The molecule has 0 aromatic heterocycles. The normalized spacial score (nSPS) is 10.4. The van der Waals surface area contributed by atoms with Crippen molar-refractivity contribution in [1.82, 2.24) is 5.32 Å². The van der Waals surface area contributed by atoms with Crippen LogP contribution in [0.15, 0.2) is 17.0 Å². The van der Waals surface area contributed by atoms with Crippen molar-refractivity contribution in [3.63, 3.8) is 0 Å². The Kier molecular flexibility index (Phi) is 6.93. The lowest BCUT2D eigenvalue weighted by Crippen LogP contribution is -2.19. The molecule has 4 nitrogen and oxygen atoms in total. The average Bonchev–Trinajstić information content (AvgIpc) is 2.42. The molecule has 0 amide bonds. The molecule has 18 heavy (non-hydrogen) atoms. The summed E-state index contributed by atoms with van der Waals surface area (Å²) in [6.45, 7) is 2.33. The van der Waals surface area contributed by atoms with Crippen LogP contribution in [0.2, 0.25) is 0 Å². The molecule has 5 heteroatoms. The molecular weight excluding hydrogens is 250 g/mol. The van der Waals surface area contributed by atoms with E-state index in [9.17, 15) is 0 Å². The van der Waals surface area contributed by atoms with E-state index >= 15 is 0 Å². The molecule has 0 saturated carbocycles. The summed E-state index contributed by atoms with van der Waals surface area (Å²) in [5.74, 6) is 1.53. The molecule has 102 valence electrons. The van der Waals surface area contributed by atoms with Crippen LogP contribution >= 0.6 is 11.8 Å². The highest BCUT2D eigenvalue weighted by molar-refractivity contribution is 7.98. The molecule has 0 unspecified atom stereocenters. The third-order valence-electron chi connectivity index (χ3n) is 2.59. The molecule has 0 saturated heterocycles. The van der Waals surface area contributed by atoms with Crippen LogP contribution in [-0.4, -0.2) is 40.7 Å². The molecule has 1 aromatic carbocycles. The lowest BCUT2D eigenvalue weighted by atomic mass is 10.2. The zero-order valence-corrected chi connectivity index (χ0v) is 12.2. The van der Waals surface area contributed by atoms with Crippen molar-refractivity contribution < 1.29 is 14.2 Å². The van der Waals surface area contributed by atoms with Gasteiger partial charge >= 0.3 is 0 Å². The summed E-state index contributed by atoms with van der Waals surface area (Å²) < 4.78 is 15.6. The average molecular weight is 271 g/mol. The summed E-state index contributed by atoms with van der Waals surface area (Å²) in [5, 5.41) is 3.33. The van der Waals surface area contributed by atoms with Gasteiger partial charge in [0.05, 0.1) is 20.8 Å². The van der Waals surface area contributed by atoms with E-state index in [0.29, 0.717) is 6.61 Å². The maximum absolute atomic E-state index is 5.32. The Bertz CT molecular complexity index is 371.